The smallest absolute Gasteiger partial charge is 0.0998 e. The number of rotatable bonds is 3. The molecule has 0 N–H and O–H groups in total. The molecule has 0 amide bonds. The molecule has 0 spiro atoms. The largest absolute Gasteiger partial charge is 0.345 e. The lowest BCUT2D eigenvalue weighted by molar-refractivity contribution is 0.769. The van der Waals surface area contributed by atoms with Gasteiger partial charge in [0, 0.05) is 33.7 Å². The van der Waals surface area contributed by atoms with Gasteiger partial charge >= 0.3 is 0 Å². The lowest BCUT2D eigenvalue weighted by atomic mass is 10.0. The fourth-order valence-electron chi connectivity index (χ4n) is 3.00. The van der Waals surface area contributed by atoms with Gasteiger partial charge in [-0.1, -0.05) is 41.9 Å². The van der Waals surface area contributed by atoms with E-state index in [1.807, 2.05) is 42.5 Å². The average Bonchev–Trinajstić information content (AvgIpc) is 2.85. The number of aromatic nitrogens is 1. The van der Waals surface area contributed by atoms with E-state index in [0.717, 1.165) is 17.7 Å². The molecule has 3 heteroatoms. The molecule has 0 saturated heterocycles. The number of allylic oxidation sites excluding steroid dienone is 1. The quantitative estimate of drug-likeness (QED) is 0.570. The molecule has 114 valence electrons. The Morgan fingerprint density at radius 1 is 1.17 bits per heavy atom. The van der Waals surface area contributed by atoms with E-state index in [1.54, 1.807) is 0 Å². The van der Waals surface area contributed by atoms with Crippen LogP contribution in [0.4, 0.5) is 0 Å². The average molecular weight is 321 g/mol. The van der Waals surface area contributed by atoms with Gasteiger partial charge in [0.1, 0.15) is 0 Å². The summed E-state index contributed by atoms with van der Waals surface area (Å²) in [7, 11) is 0. The highest BCUT2D eigenvalue weighted by atomic mass is 35.5. The Morgan fingerprint density at radius 2 is 1.87 bits per heavy atom. The maximum Gasteiger partial charge on any atom is 0.0998 e. The molecule has 0 unspecified atom stereocenters. The van der Waals surface area contributed by atoms with E-state index in [4.69, 9.17) is 11.6 Å². The predicted molar refractivity (Wildman–Crippen MR) is 97.3 cm³/mol. The Kier molecular flexibility index (Phi) is 4.23. The fraction of sp³-hybridized carbons (Fsp3) is 0.150. The van der Waals surface area contributed by atoms with Crippen molar-refractivity contribution >= 4 is 34.2 Å². The second-order valence-corrected chi connectivity index (χ2v) is 5.87. The van der Waals surface area contributed by atoms with Crippen LogP contribution in [-0.2, 0) is 6.54 Å². The Labute approximate surface area is 141 Å². The highest BCUT2D eigenvalue weighted by Gasteiger charge is 2.12. The van der Waals surface area contributed by atoms with Crippen LogP contribution in [0.3, 0.4) is 0 Å². The van der Waals surface area contributed by atoms with Crippen LogP contribution in [0.5, 0.6) is 0 Å². The summed E-state index contributed by atoms with van der Waals surface area (Å²) in [6.07, 6.45) is 1.98. The summed E-state index contributed by atoms with van der Waals surface area (Å²) in [4.78, 5) is 0. The van der Waals surface area contributed by atoms with Crippen LogP contribution < -0.4 is 0 Å². The molecule has 0 fully saturated rings. The molecule has 0 bridgehead atoms. The third kappa shape index (κ3) is 2.76. The molecule has 0 aliphatic carbocycles. The molecule has 1 aromatic heterocycles. The van der Waals surface area contributed by atoms with E-state index in [2.05, 4.69) is 36.6 Å². The molecule has 2 aromatic carbocycles. The summed E-state index contributed by atoms with van der Waals surface area (Å²) >= 11 is 5.94. The van der Waals surface area contributed by atoms with Crippen molar-refractivity contribution in [3.8, 4) is 6.07 Å². The third-order valence-electron chi connectivity index (χ3n) is 4.16. The molecule has 0 atom stereocenters. The molecular weight excluding hydrogens is 304 g/mol. The molecule has 23 heavy (non-hydrogen) atoms. The van der Waals surface area contributed by atoms with Gasteiger partial charge in [-0.25, -0.2) is 0 Å². The first-order valence-corrected chi connectivity index (χ1v) is 7.99. The van der Waals surface area contributed by atoms with Gasteiger partial charge in [-0.2, -0.15) is 5.26 Å². The summed E-state index contributed by atoms with van der Waals surface area (Å²) in [5.74, 6) is 0. The minimum Gasteiger partial charge on any atom is -0.345 e. The first-order chi connectivity index (χ1) is 11.2. The maximum atomic E-state index is 9.58. The monoisotopic (exact) mass is 320 g/mol. The molecular formula is C20H17ClN2. The zero-order chi connectivity index (χ0) is 16.4. The van der Waals surface area contributed by atoms with Gasteiger partial charge in [-0.05, 0) is 43.7 Å². The molecule has 0 radical (unpaired) electrons. The van der Waals surface area contributed by atoms with E-state index in [-0.39, 0.29) is 0 Å². The predicted octanol–water partition coefficient (Wildman–Crippen LogP) is 5.69. The zero-order valence-corrected chi connectivity index (χ0v) is 13.9. The van der Waals surface area contributed by atoms with E-state index < -0.39 is 0 Å². The standard InChI is InChI=1S/C20H17ClN2/c1-3-23-14(2)19(18-6-4-5-7-20(18)23)12-16(13-22)15-8-10-17(21)11-9-15/h4-12H,3H2,1-2H3/b16-12-. The second kappa shape index (κ2) is 6.32. The van der Waals surface area contributed by atoms with E-state index in [1.165, 1.54) is 16.6 Å². The van der Waals surface area contributed by atoms with Crippen LogP contribution in [0.15, 0.2) is 48.5 Å². The number of fused-ring (bicyclic) bond motifs is 1. The van der Waals surface area contributed by atoms with Crippen molar-refractivity contribution in [1.29, 1.82) is 5.26 Å². The first-order valence-electron chi connectivity index (χ1n) is 7.61. The molecule has 3 aromatic rings. The van der Waals surface area contributed by atoms with Gasteiger partial charge in [0.25, 0.3) is 0 Å². The molecule has 3 rings (SSSR count). The Morgan fingerprint density at radius 3 is 2.52 bits per heavy atom. The summed E-state index contributed by atoms with van der Waals surface area (Å²) in [5.41, 5.74) is 5.00. The van der Waals surface area contributed by atoms with Crippen LogP contribution in [0, 0.1) is 18.3 Å². The summed E-state index contributed by atoms with van der Waals surface area (Å²) in [6.45, 7) is 5.15. The van der Waals surface area contributed by atoms with E-state index >= 15 is 0 Å². The van der Waals surface area contributed by atoms with Crippen molar-refractivity contribution in [2.75, 3.05) is 0 Å². The number of halogens is 1. The zero-order valence-electron chi connectivity index (χ0n) is 13.2. The van der Waals surface area contributed by atoms with Crippen LogP contribution in [0.25, 0.3) is 22.6 Å². The van der Waals surface area contributed by atoms with Crippen molar-refractivity contribution < 1.29 is 0 Å². The van der Waals surface area contributed by atoms with Crippen molar-refractivity contribution in [3.63, 3.8) is 0 Å². The van der Waals surface area contributed by atoms with Gasteiger partial charge in [-0.3, -0.25) is 0 Å². The SMILES string of the molecule is CCn1c(C)c(/C=C(/C#N)c2ccc(Cl)cc2)c2ccccc21. The number of nitriles is 1. The Hall–Kier alpha value is -2.50. The number of benzene rings is 2. The number of hydrogen-bond acceptors (Lipinski definition) is 1. The van der Waals surface area contributed by atoms with E-state index in [0.29, 0.717) is 10.6 Å². The highest BCUT2D eigenvalue weighted by Crippen LogP contribution is 2.30. The minimum absolute atomic E-state index is 0.642. The lowest BCUT2D eigenvalue weighted by Crippen LogP contribution is -1.96. The first kappa shape index (κ1) is 15.4. The number of aryl methyl sites for hydroxylation is 1. The molecule has 1 heterocycles. The summed E-state index contributed by atoms with van der Waals surface area (Å²) < 4.78 is 2.28. The maximum absolute atomic E-state index is 9.58. The minimum atomic E-state index is 0.642. The third-order valence-corrected chi connectivity index (χ3v) is 4.41. The van der Waals surface area contributed by atoms with Crippen LogP contribution >= 0.6 is 11.6 Å². The van der Waals surface area contributed by atoms with Gasteiger partial charge < -0.3 is 4.57 Å². The van der Waals surface area contributed by atoms with Gasteiger partial charge in [0.05, 0.1) is 11.6 Å². The number of nitrogens with zero attached hydrogens (tertiary/aromatic N) is 2. The number of hydrogen-bond donors (Lipinski definition) is 0. The van der Waals surface area contributed by atoms with Gasteiger partial charge in [-0.15, -0.1) is 0 Å². The summed E-state index contributed by atoms with van der Waals surface area (Å²) in [6, 6.07) is 18.0. The second-order valence-electron chi connectivity index (χ2n) is 5.44. The Bertz CT molecular complexity index is 925. The van der Waals surface area contributed by atoms with Crippen molar-refractivity contribution in [2.24, 2.45) is 0 Å². The van der Waals surface area contributed by atoms with Crippen LogP contribution in [-0.4, -0.2) is 4.57 Å². The van der Waals surface area contributed by atoms with Crippen molar-refractivity contribution in [2.45, 2.75) is 20.4 Å². The van der Waals surface area contributed by atoms with Crippen LogP contribution in [0.1, 0.15) is 23.7 Å². The lowest BCUT2D eigenvalue weighted by Gasteiger charge is -2.04. The van der Waals surface area contributed by atoms with Gasteiger partial charge in [0.2, 0.25) is 0 Å². The van der Waals surface area contributed by atoms with Crippen molar-refractivity contribution in [1.82, 2.24) is 4.57 Å². The molecule has 0 saturated carbocycles. The van der Waals surface area contributed by atoms with Crippen LogP contribution in [0.2, 0.25) is 5.02 Å². The fourth-order valence-corrected chi connectivity index (χ4v) is 3.13. The summed E-state index contributed by atoms with van der Waals surface area (Å²) in [5, 5.41) is 11.4. The van der Waals surface area contributed by atoms with Crippen molar-refractivity contribution in [3.05, 3.63) is 70.4 Å². The van der Waals surface area contributed by atoms with E-state index in [9.17, 15) is 5.26 Å². The normalized spacial score (nSPS) is 11.7. The van der Waals surface area contributed by atoms with Gasteiger partial charge in [0.15, 0.2) is 0 Å². The highest BCUT2D eigenvalue weighted by molar-refractivity contribution is 6.30. The molecule has 2 nitrogen and oxygen atoms in total. The molecule has 0 aliphatic rings. The number of para-hydroxylation sites is 1. The Balaban J connectivity index is 2.21. The molecule has 0 aliphatic heterocycles. The topological polar surface area (TPSA) is 28.7 Å².